The second-order valence-electron chi connectivity index (χ2n) is 6.09. The Hall–Kier alpha value is -2.34. The molecule has 2 aromatic rings. The average molecular weight is 330 g/mol. The lowest BCUT2D eigenvalue weighted by Crippen LogP contribution is -2.42. The van der Waals surface area contributed by atoms with E-state index in [-0.39, 0.29) is 0 Å². The minimum absolute atomic E-state index is 0.371. The van der Waals surface area contributed by atoms with Gasteiger partial charge in [0.25, 0.3) is 0 Å². The summed E-state index contributed by atoms with van der Waals surface area (Å²) in [5.74, 6) is 1.16. The molecule has 1 aliphatic heterocycles. The number of hydrogen-bond donors (Lipinski definition) is 0. The van der Waals surface area contributed by atoms with E-state index in [9.17, 15) is 9.59 Å². The van der Waals surface area contributed by atoms with Crippen molar-refractivity contribution in [2.75, 3.05) is 20.3 Å². The molecule has 0 atom stereocenters. The molecule has 2 heterocycles. The van der Waals surface area contributed by atoms with Gasteiger partial charge in [-0.3, -0.25) is 9.59 Å². The zero-order valence-electron chi connectivity index (χ0n) is 13.8. The van der Waals surface area contributed by atoms with Gasteiger partial charge in [0.15, 0.2) is 0 Å². The lowest BCUT2D eigenvalue weighted by atomic mass is 10.0. The number of methoxy groups -OCH3 is 1. The highest BCUT2D eigenvalue weighted by atomic mass is 16.5. The normalized spacial score (nSPS) is 15.4. The van der Waals surface area contributed by atoms with Gasteiger partial charge in [0.05, 0.1) is 13.7 Å². The van der Waals surface area contributed by atoms with Crippen LogP contribution in [0, 0.1) is 5.92 Å². The second kappa shape index (κ2) is 7.49. The Labute approximate surface area is 140 Å². The first kappa shape index (κ1) is 16.5. The molecule has 128 valence electrons. The van der Waals surface area contributed by atoms with Crippen LogP contribution in [-0.2, 0) is 17.8 Å². The Morgan fingerprint density at radius 1 is 1.04 bits per heavy atom. The van der Waals surface area contributed by atoms with Crippen molar-refractivity contribution in [1.82, 2.24) is 9.13 Å². The summed E-state index contributed by atoms with van der Waals surface area (Å²) < 4.78 is 13.4. The molecule has 1 saturated heterocycles. The number of ether oxygens (including phenoxy) is 2. The third-order valence-corrected chi connectivity index (χ3v) is 4.44. The SMILES string of the molecule is COc1ccc(Cn2ccn(CC3CCOCC3)c(=O)c2=O)cc1. The van der Waals surface area contributed by atoms with E-state index in [2.05, 4.69) is 0 Å². The largest absolute Gasteiger partial charge is 0.497 e. The van der Waals surface area contributed by atoms with Crippen LogP contribution in [0.25, 0.3) is 0 Å². The van der Waals surface area contributed by atoms with Gasteiger partial charge in [0, 0.05) is 32.2 Å². The standard InChI is InChI=1S/C18H22N2O4/c1-23-16-4-2-14(3-5-16)12-19-8-9-20(18(22)17(19)21)13-15-6-10-24-11-7-15/h2-5,8-9,15H,6-7,10-13H2,1H3. The Kier molecular flexibility index (Phi) is 5.15. The molecule has 3 rings (SSSR count). The Bertz CT molecular complexity index is 786. The Balaban J connectivity index is 1.76. The van der Waals surface area contributed by atoms with Crippen LogP contribution in [0.5, 0.6) is 5.75 Å². The van der Waals surface area contributed by atoms with Gasteiger partial charge in [-0.05, 0) is 36.5 Å². The topological polar surface area (TPSA) is 62.5 Å². The van der Waals surface area contributed by atoms with Crippen molar-refractivity contribution >= 4 is 0 Å². The van der Waals surface area contributed by atoms with Crippen molar-refractivity contribution in [3.05, 3.63) is 62.9 Å². The molecule has 6 nitrogen and oxygen atoms in total. The van der Waals surface area contributed by atoms with E-state index in [1.54, 1.807) is 19.5 Å². The molecule has 0 spiro atoms. The lowest BCUT2D eigenvalue weighted by molar-refractivity contribution is 0.0608. The van der Waals surface area contributed by atoms with E-state index in [1.165, 1.54) is 9.13 Å². The number of rotatable bonds is 5. The van der Waals surface area contributed by atoms with Gasteiger partial charge in [-0.1, -0.05) is 12.1 Å². The molecule has 0 saturated carbocycles. The van der Waals surface area contributed by atoms with Crippen molar-refractivity contribution in [2.24, 2.45) is 5.92 Å². The van der Waals surface area contributed by atoms with E-state index >= 15 is 0 Å². The quantitative estimate of drug-likeness (QED) is 0.780. The maximum Gasteiger partial charge on any atom is 0.316 e. The summed E-state index contributed by atoms with van der Waals surface area (Å²) in [4.78, 5) is 24.7. The summed E-state index contributed by atoms with van der Waals surface area (Å²) in [7, 11) is 1.61. The van der Waals surface area contributed by atoms with Crippen molar-refractivity contribution in [2.45, 2.75) is 25.9 Å². The molecule has 1 aromatic heterocycles. The fraction of sp³-hybridized carbons (Fsp3) is 0.444. The third kappa shape index (κ3) is 3.76. The van der Waals surface area contributed by atoms with E-state index in [4.69, 9.17) is 9.47 Å². The summed E-state index contributed by atoms with van der Waals surface area (Å²) in [6, 6.07) is 7.46. The van der Waals surface area contributed by atoms with Crippen LogP contribution in [-0.4, -0.2) is 29.5 Å². The van der Waals surface area contributed by atoms with Gasteiger partial charge >= 0.3 is 11.1 Å². The van der Waals surface area contributed by atoms with Gasteiger partial charge < -0.3 is 18.6 Å². The van der Waals surface area contributed by atoms with Gasteiger partial charge in [0.2, 0.25) is 0 Å². The molecule has 1 fully saturated rings. The molecule has 1 aliphatic rings. The Morgan fingerprint density at radius 3 is 2.33 bits per heavy atom. The molecule has 1 aromatic carbocycles. The zero-order chi connectivity index (χ0) is 16.9. The predicted octanol–water partition coefficient (Wildman–Crippen LogP) is 1.49. The number of aromatic nitrogens is 2. The summed E-state index contributed by atoms with van der Waals surface area (Å²) in [5, 5.41) is 0. The molecule has 0 amide bonds. The highest BCUT2D eigenvalue weighted by molar-refractivity contribution is 5.27. The first-order valence-electron chi connectivity index (χ1n) is 8.18. The second-order valence-corrected chi connectivity index (χ2v) is 6.09. The van der Waals surface area contributed by atoms with Crippen molar-refractivity contribution in [3.8, 4) is 5.75 Å². The smallest absolute Gasteiger partial charge is 0.316 e. The first-order valence-corrected chi connectivity index (χ1v) is 8.18. The predicted molar refractivity (Wildman–Crippen MR) is 90.6 cm³/mol. The van der Waals surface area contributed by atoms with E-state index < -0.39 is 11.1 Å². The summed E-state index contributed by atoms with van der Waals surface area (Å²) in [6.45, 7) is 2.42. The van der Waals surface area contributed by atoms with E-state index in [0.717, 1.165) is 37.4 Å². The van der Waals surface area contributed by atoms with Gasteiger partial charge in [-0.15, -0.1) is 0 Å². The molecule has 0 aliphatic carbocycles. The van der Waals surface area contributed by atoms with Crippen LogP contribution >= 0.6 is 0 Å². The number of benzene rings is 1. The van der Waals surface area contributed by atoms with Crippen LogP contribution in [0.4, 0.5) is 0 Å². The van der Waals surface area contributed by atoms with Crippen LogP contribution in [0.15, 0.2) is 46.2 Å². The van der Waals surface area contributed by atoms with Crippen LogP contribution in [0.3, 0.4) is 0 Å². The summed E-state index contributed by atoms with van der Waals surface area (Å²) in [6.07, 6.45) is 5.26. The summed E-state index contributed by atoms with van der Waals surface area (Å²) in [5.41, 5.74) is -0.00244. The van der Waals surface area contributed by atoms with Crippen LogP contribution < -0.4 is 15.9 Å². The molecular weight excluding hydrogens is 308 g/mol. The van der Waals surface area contributed by atoms with E-state index in [0.29, 0.717) is 19.0 Å². The third-order valence-electron chi connectivity index (χ3n) is 4.44. The average Bonchev–Trinajstić information content (AvgIpc) is 2.63. The van der Waals surface area contributed by atoms with Crippen molar-refractivity contribution in [3.63, 3.8) is 0 Å². The minimum Gasteiger partial charge on any atom is -0.497 e. The molecule has 24 heavy (non-hydrogen) atoms. The first-order chi connectivity index (χ1) is 11.7. The molecule has 6 heteroatoms. The molecular formula is C18H22N2O4. The fourth-order valence-electron chi connectivity index (χ4n) is 2.95. The highest BCUT2D eigenvalue weighted by Crippen LogP contribution is 2.16. The van der Waals surface area contributed by atoms with Crippen LogP contribution in [0.1, 0.15) is 18.4 Å². The van der Waals surface area contributed by atoms with Gasteiger partial charge in [-0.25, -0.2) is 0 Å². The minimum atomic E-state index is -0.486. The molecule has 0 bridgehead atoms. The fourth-order valence-corrected chi connectivity index (χ4v) is 2.95. The molecule has 0 radical (unpaired) electrons. The highest BCUT2D eigenvalue weighted by Gasteiger charge is 2.16. The van der Waals surface area contributed by atoms with Crippen LogP contribution in [0.2, 0.25) is 0 Å². The Morgan fingerprint density at radius 2 is 1.67 bits per heavy atom. The number of nitrogens with zero attached hydrogens (tertiary/aromatic N) is 2. The van der Waals surface area contributed by atoms with Gasteiger partial charge in [0.1, 0.15) is 5.75 Å². The molecule has 0 unspecified atom stereocenters. The maximum absolute atomic E-state index is 12.3. The lowest BCUT2D eigenvalue weighted by Gasteiger charge is -2.22. The van der Waals surface area contributed by atoms with E-state index in [1.807, 2.05) is 24.3 Å². The van der Waals surface area contributed by atoms with Crippen molar-refractivity contribution in [1.29, 1.82) is 0 Å². The zero-order valence-corrected chi connectivity index (χ0v) is 13.8. The molecule has 0 N–H and O–H groups in total. The van der Waals surface area contributed by atoms with Gasteiger partial charge in [-0.2, -0.15) is 0 Å². The number of hydrogen-bond acceptors (Lipinski definition) is 4. The van der Waals surface area contributed by atoms with Crippen molar-refractivity contribution < 1.29 is 9.47 Å². The monoisotopic (exact) mass is 330 g/mol. The maximum atomic E-state index is 12.3. The summed E-state index contributed by atoms with van der Waals surface area (Å²) >= 11 is 0.